The molecule has 0 unspecified atom stereocenters. The Morgan fingerprint density at radius 2 is 1.90 bits per heavy atom. The number of aromatic nitrogens is 1. The van der Waals surface area contributed by atoms with Crippen LogP contribution in [0, 0.1) is 11.8 Å². The van der Waals surface area contributed by atoms with Gasteiger partial charge in [-0.3, -0.25) is 9.80 Å². The maximum Gasteiger partial charge on any atom is 0.139 e. The quantitative estimate of drug-likeness (QED) is 0.725. The molecule has 2 fully saturated rings. The van der Waals surface area contributed by atoms with E-state index in [0.29, 0.717) is 18.8 Å². The van der Waals surface area contributed by atoms with Gasteiger partial charge in [0, 0.05) is 51.5 Å². The van der Waals surface area contributed by atoms with Crippen molar-refractivity contribution in [1.82, 2.24) is 14.8 Å². The summed E-state index contributed by atoms with van der Waals surface area (Å²) in [5, 5.41) is 1.09. The highest BCUT2D eigenvalue weighted by Crippen LogP contribution is 2.27. The maximum absolute atomic E-state index is 6.01. The SMILES string of the molecule is CC(C)N1CCN(CC#CCOC2CCN(c3nccc4occc34)CC2)CC1. The molecule has 0 aromatic carbocycles. The van der Waals surface area contributed by atoms with Gasteiger partial charge in [0.25, 0.3) is 0 Å². The van der Waals surface area contributed by atoms with Crippen LogP contribution in [0.2, 0.25) is 0 Å². The Hall–Kier alpha value is -2.07. The van der Waals surface area contributed by atoms with Crippen molar-refractivity contribution in [1.29, 1.82) is 0 Å². The van der Waals surface area contributed by atoms with Crippen molar-refractivity contribution in [2.24, 2.45) is 0 Å². The van der Waals surface area contributed by atoms with E-state index in [1.165, 1.54) is 0 Å². The van der Waals surface area contributed by atoms with Crippen LogP contribution < -0.4 is 4.90 Å². The van der Waals surface area contributed by atoms with Gasteiger partial charge in [-0.25, -0.2) is 4.98 Å². The van der Waals surface area contributed by atoms with Crippen molar-refractivity contribution in [3.63, 3.8) is 0 Å². The van der Waals surface area contributed by atoms with Crippen LogP contribution in [0.3, 0.4) is 0 Å². The third-order valence-electron chi connectivity index (χ3n) is 6.06. The standard InChI is InChI=1S/C23H32N4O2/c1-19(2)26-15-13-25(14-16-26)10-3-4-17-28-20-6-11-27(12-7-20)23-21-8-18-29-22(21)5-9-24-23/h5,8-9,18-20H,6-7,10-17H2,1-2H3. The Balaban J connectivity index is 1.16. The van der Waals surface area contributed by atoms with E-state index in [2.05, 4.69) is 45.4 Å². The third kappa shape index (κ3) is 5.11. The van der Waals surface area contributed by atoms with Crippen LogP contribution in [-0.4, -0.2) is 79.3 Å². The molecule has 29 heavy (non-hydrogen) atoms. The van der Waals surface area contributed by atoms with Crippen molar-refractivity contribution in [2.75, 3.05) is 57.3 Å². The first-order valence-electron chi connectivity index (χ1n) is 10.8. The van der Waals surface area contributed by atoms with Crippen molar-refractivity contribution >= 4 is 16.8 Å². The lowest BCUT2D eigenvalue weighted by atomic mass is 10.1. The van der Waals surface area contributed by atoms with Gasteiger partial charge in [-0.05, 0) is 38.8 Å². The Morgan fingerprint density at radius 3 is 2.66 bits per heavy atom. The normalized spacial score (nSPS) is 19.6. The second-order valence-corrected chi connectivity index (χ2v) is 8.22. The number of furan rings is 1. The Kier molecular flexibility index (Phi) is 6.70. The van der Waals surface area contributed by atoms with E-state index >= 15 is 0 Å². The zero-order valence-electron chi connectivity index (χ0n) is 17.6. The van der Waals surface area contributed by atoms with Crippen LogP contribution in [-0.2, 0) is 4.74 Å². The number of anilines is 1. The molecule has 6 heteroatoms. The fraction of sp³-hybridized carbons (Fsp3) is 0.609. The van der Waals surface area contributed by atoms with Gasteiger partial charge in [0.1, 0.15) is 18.0 Å². The van der Waals surface area contributed by atoms with E-state index in [9.17, 15) is 0 Å². The monoisotopic (exact) mass is 396 g/mol. The molecule has 2 aliphatic heterocycles. The summed E-state index contributed by atoms with van der Waals surface area (Å²) in [5.41, 5.74) is 0.897. The van der Waals surface area contributed by atoms with Crippen LogP contribution in [0.4, 0.5) is 5.82 Å². The number of rotatable bonds is 5. The number of hydrogen-bond donors (Lipinski definition) is 0. The molecule has 0 amide bonds. The minimum absolute atomic E-state index is 0.290. The molecule has 2 aromatic rings. The van der Waals surface area contributed by atoms with Gasteiger partial charge < -0.3 is 14.1 Å². The lowest BCUT2D eigenvalue weighted by Gasteiger charge is -2.36. The third-order valence-corrected chi connectivity index (χ3v) is 6.06. The summed E-state index contributed by atoms with van der Waals surface area (Å²) in [6.07, 6.45) is 5.86. The molecule has 0 atom stereocenters. The molecule has 2 saturated heterocycles. The number of piperidine rings is 1. The maximum atomic E-state index is 6.01. The van der Waals surface area contributed by atoms with Gasteiger partial charge in [0.05, 0.1) is 24.3 Å². The van der Waals surface area contributed by atoms with E-state index in [1.54, 1.807) is 6.26 Å². The zero-order valence-corrected chi connectivity index (χ0v) is 17.6. The summed E-state index contributed by atoms with van der Waals surface area (Å²) in [6, 6.07) is 4.56. The second kappa shape index (κ2) is 9.62. The Labute approximate surface area is 173 Å². The van der Waals surface area contributed by atoms with Crippen molar-refractivity contribution in [3.8, 4) is 11.8 Å². The van der Waals surface area contributed by atoms with Gasteiger partial charge in [0.15, 0.2) is 0 Å². The van der Waals surface area contributed by atoms with Gasteiger partial charge in [-0.2, -0.15) is 0 Å². The average molecular weight is 397 g/mol. The minimum Gasteiger partial charge on any atom is -0.464 e. The fourth-order valence-electron chi connectivity index (χ4n) is 4.18. The van der Waals surface area contributed by atoms with Crippen molar-refractivity contribution in [3.05, 3.63) is 24.6 Å². The number of nitrogens with zero attached hydrogens (tertiary/aromatic N) is 4. The summed E-state index contributed by atoms with van der Waals surface area (Å²) in [5.74, 6) is 7.52. The summed E-state index contributed by atoms with van der Waals surface area (Å²) in [7, 11) is 0. The molecule has 2 aromatic heterocycles. The lowest BCUT2D eigenvalue weighted by molar-refractivity contribution is 0.0593. The minimum atomic E-state index is 0.290. The largest absolute Gasteiger partial charge is 0.464 e. The molecule has 0 aliphatic carbocycles. The topological polar surface area (TPSA) is 45.0 Å². The lowest BCUT2D eigenvalue weighted by Crippen LogP contribution is -2.48. The predicted octanol–water partition coefficient (Wildman–Crippen LogP) is 2.84. The highest BCUT2D eigenvalue weighted by molar-refractivity contribution is 5.88. The Morgan fingerprint density at radius 1 is 1.10 bits per heavy atom. The molecule has 0 radical (unpaired) electrons. The van der Waals surface area contributed by atoms with Crippen LogP contribution in [0.15, 0.2) is 29.0 Å². The molecule has 0 spiro atoms. The van der Waals surface area contributed by atoms with E-state index in [-0.39, 0.29) is 0 Å². The number of pyridine rings is 1. The summed E-state index contributed by atoms with van der Waals surface area (Å²) >= 11 is 0. The summed E-state index contributed by atoms with van der Waals surface area (Å²) in [6.45, 7) is 12.4. The predicted molar refractivity (Wildman–Crippen MR) is 116 cm³/mol. The van der Waals surface area contributed by atoms with Gasteiger partial charge in [-0.1, -0.05) is 11.8 Å². The van der Waals surface area contributed by atoms with E-state index in [4.69, 9.17) is 9.15 Å². The molecule has 2 aliphatic rings. The van der Waals surface area contributed by atoms with E-state index in [0.717, 1.165) is 75.4 Å². The molecule has 0 saturated carbocycles. The second-order valence-electron chi connectivity index (χ2n) is 8.22. The number of piperazine rings is 1. The molecule has 4 rings (SSSR count). The molecule has 0 N–H and O–H groups in total. The molecule has 6 nitrogen and oxygen atoms in total. The first-order chi connectivity index (χ1) is 14.2. The molecular formula is C23H32N4O2. The van der Waals surface area contributed by atoms with Gasteiger partial charge in [0.2, 0.25) is 0 Å². The van der Waals surface area contributed by atoms with Gasteiger partial charge >= 0.3 is 0 Å². The van der Waals surface area contributed by atoms with Crippen LogP contribution in [0.25, 0.3) is 11.0 Å². The fourth-order valence-corrected chi connectivity index (χ4v) is 4.18. The smallest absolute Gasteiger partial charge is 0.139 e. The van der Waals surface area contributed by atoms with Crippen molar-refractivity contribution < 1.29 is 9.15 Å². The highest BCUT2D eigenvalue weighted by atomic mass is 16.5. The number of hydrogen-bond acceptors (Lipinski definition) is 6. The van der Waals surface area contributed by atoms with Gasteiger partial charge in [-0.15, -0.1) is 0 Å². The molecule has 0 bridgehead atoms. The zero-order chi connectivity index (χ0) is 20.1. The number of ether oxygens (including phenoxy) is 1. The summed E-state index contributed by atoms with van der Waals surface area (Å²) < 4.78 is 11.5. The molecule has 4 heterocycles. The van der Waals surface area contributed by atoms with Crippen LogP contribution in [0.1, 0.15) is 26.7 Å². The number of fused-ring (bicyclic) bond motifs is 1. The van der Waals surface area contributed by atoms with Crippen LogP contribution >= 0.6 is 0 Å². The first kappa shape index (κ1) is 20.2. The van der Waals surface area contributed by atoms with Crippen LogP contribution in [0.5, 0.6) is 0 Å². The average Bonchev–Trinajstić information content (AvgIpc) is 3.23. The summed E-state index contributed by atoms with van der Waals surface area (Å²) in [4.78, 5) is 11.9. The molecular weight excluding hydrogens is 364 g/mol. The Bertz CT molecular complexity index is 837. The molecule has 156 valence electrons. The van der Waals surface area contributed by atoms with E-state index < -0.39 is 0 Å². The highest BCUT2D eigenvalue weighted by Gasteiger charge is 2.22. The van der Waals surface area contributed by atoms with E-state index in [1.807, 2.05) is 18.3 Å². The first-order valence-corrected chi connectivity index (χ1v) is 10.8. The van der Waals surface area contributed by atoms with Crippen molar-refractivity contribution in [2.45, 2.75) is 38.8 Å².